The minimum Gasteiger partial charge on any atom is -0.465 e. The Balaban J connectivity index is 1.30. The summed E-state index contributed by atoms with van der Waals surface area (Å²) in [6.45, 7) is 0. The van der Waals surface area contributed by atoms with E-state index in [-0.39, 0.29) is 25.1 Å². The highest BCUT2D eigenvalue weighted by Crippen LogP contribution is 2.39. The highest BCUT2D eigenvalue weighted by molar-refractivity contribution is 7.90. The minimum absolute atomic E-state index is 0.0928. The number of pyridine rings is 1. The van der Waals surface area contributed by atoms with Crippen LogP contribution >= 0.6 is 0 Å². The lowest BCUT2D eigenvalue weighted by molar-refractivity contribution is -0.137. The van der Waals surface area contributed by atoms with Gasteiger partial charge in [0.25, 0.3) is 0 Å². The van der Waals surface area contributed by atoms with Crippen LogP contribution < -0.4 is 14.8 Å². The van der Waals surface area contributed by atoms with E-state index in [4.69, 9.17) is 4.74 Å². The van der Waals surface area contributed by atoms with Crippen LogP contribution in [0.5, 0.6) is 5.88 Å². The standard InChI is InChI=1S/C35H36FN5O8S/c36-20-9-12-26-24(16-20)22-6-2-3-7-23(22)34(38-26)49-32-14-13-30(42)27(39-35(45)46)8-4-1-5-19-15-28(19)37-18-29-25(17-31(43)41(29)32)33(44)40-50(47,48)21-10-11-21/h2-3,6-7,9,12,16,18,21,25,27,29,32,39H,1,4-5,8,10-11,13-15,17H2,(H,40,44)(H,45,46)/t25-,27+,29-,32-/m1/s1. The molecule has 1 saturated heterocycles. The molecule has 0 radical (unpaired) electrons. The van der Waals surface area contributed by atoms with Crippen LogP contribution in [0.15, 0.2) is 58.7 Å². The van der Waals surface area contributed by atoms with E-state index < -0.39 is 69.0 Å². The zero-order valence-electron chi connectivity index (χ0n) is 27.0. The maximum atomic E-state index is 14.3. The number of carbonyl (C=O) groups is 4. The van der Waals surface area contributed by atoms with Crippen LogP contribution in [0.1, 0.15) is 64.2 Å². The molecule has 3 aromatic rings. The number of carboxylic acid groups (broad SMARTS) is 1. The molecule has 0 unspecified atom stereocenters. The number of ketones is 1. The number of Topliss-reactive ketones (excluding diaryl/α,β-unsaturated/α-hetero) is 1. The first-order valence-electron chi connectivity index (χ1n) is 16.8. The largest absolute Gasteiger partial charge is 0.465 e. The Hall–Kier alpha value is -4.92. The van der Waals surface area contributed by atoms with Crippen molar-refractivity contribution in [1.82, 2.24) is 19.9 Å². The van der Waals surface area contributed by atoms with Crippen LogP contribution in [0, 0.1) is 11.7 Å². The number of halogens is 1. The molecule has 3 N–H and O–H groups in total. The van der Waals surface area contributed by atoms with Crippen molar-refractivity contribution in [3.63, 3.8) is 0 Å². The summed E-state index contributed by atoms with van der Waals surface area (Å²) in [6, 6.07) is 9.17. The van der Waals surface area contributed by atoms with Gasteiger partial charge in [-0.2, -0.15) is 0 Å². The number of carbonyl (C=O) groups excluding carboxylic acids is 3. The van der Waals surface area contributed by atoms with Gasteiger partial charge >= 0.3 is 6.09 Å². The van der Waals surface area contributed by atoms with Crippen LogP contribution in [0.25, 0.3) is 21.7 Å². The SMILES string of the molecule is O=C(O)N[C@H]1CCCCC2=C(C2)N=C[C@@H]2[C@H](C(=O)NS(=O)(=O)C3CC3)CC(=O)N2[C@H](Oc2nc3ccc(F)cc3c3ccccc23)CCC1=O. The van der Waals surface area contributed by atoms with Gasteiger partial charge in [-0.1, -0.05) is 24.6 Å². The van der Waals surface area contributed by atoms with Gasteiger partial charge in [-0.05, 0) is 67.3 Å². The van der Waals surface area contributed by atoms with Crippen LogP contribution in [-0.2, 0) is 24.4 Å². The third-order valence-electron chi connectivity index (χ3n) is 9.74. The Kier molecular flexibility index (Phi) is 9.01. The molecule has 1 aromatic heterocycles. The summed E-state index contributed by atoms with van der Waals surface area (Å²) in [5.74, 6) is -3.24. The Bertz CT molecular complexity index is 2080. The number of aromatic nitrogens is 1. The van der Waals surface area contributed by atoms with E-state index in [1.165, 1.54) is 29.3 Å². The fourth-order valence-corrected chi connectivity index (χ4v) is 8.24. The lowest BCUT2D eigenvalue weighted by Gasteiger charge is -2.33. The first-order valence-corrected chi connectivity index (χ1v) is 18.3. The lowest BCUT2D eigenvalue weighted by atomic mass is 9.99. The lowest BCUT2D eigenvalue weighted by Crippen LogP contribution is -2.50. The highest BCUT2D eigenvalue weighted by atomic mass is 32.2. The molecule has 2 aliphatic heterocycles. The highest BCUT2D eigenvalue weighted by Gasteiger charge is 2.49. The molecule has 3 amide bonds. The first-order chi connectivity index (χ1) is 24.0. The van der Waals surface area contributed by atoms with Gasteiger partial charge < -0.3 is 15.2 Å². The number of rotatable bonds is 6. The van der Waals surface area contributed by atoms with Gasteiger partial charge in [-0.3, -0.25) is 29.0 Å². The number of sulfonamides is 1. The van der Waals surface area contributed by atoms with Gasteiger partial charge in [0.1, 0.15) is 5.82 Å². The van der Waals surface area contributed by atoms with Crippen molar-refractivity contribution in [2.75, 3.05) is 0 Å². The third-order valence-corrected chi connectivity index (χ3v) is 11.6. The van der Waals surface area contributed by atoms with Crippen molar-refractivity contribution >= 4 is 61.6 Å². The number of aliphatic imine (C=N–C) groups is 1. The van der Waals surface area contributed by atoms with Crippen LogP contribution in [0.4, 0.5) is 9.18 Å². The normalized spacial score (nSPS) is 24.7. The number of ether oxygens (including phenoxy) is 1. The van der Waals surface area contributed by atoms with E-state index in [0.717, 1.165) is 11.3 Å². The van der Waals surface area contributed by atoms with Gasteiger partial charge in [0.2, 0.25) is 27.7 Å². The van der Waals surface area contributed by atoms with E-state index in [1.807, 2.05) is 0 Å². The Morgan fingerprint density at radius 3 is 2.52 bits per heavy atom. The number of nitrogens with one attached hydrogen (secondary N) is 2. The van der Waals surface area contributed by atoms with Crippen molar-refractivity contribution in [3.05, 3.63) is 59.6 Å². The number of benzene rings is 2. The molecule has 2 aliphatic carbocycles. The molecule has 0 spiro atoms. The van der Waals surface area contributed by atoms with Crippen molar-refractivity contribution in [3.8, 4) is 5.88 Å². The minimum atomic E-state index is -3.92. The zero-order chi connectivity index (χ0) is 35.2. The third kappa shape index (κ3) is 7.04. The van der Waals surface area contributed by atoms with Gasteiger partial charge in [-0.15, -0.1) is 0 Å². The molecule has 13 nitrogen and oxygen atoms in total. The average Bonchev–Trinajstić information content (AvgIpc) is 4.01. The van der Waals surface area contributed by atoms with Crippen LogP contribution in [-0.4, -0.2) is 76.9 Å². The Morgan fingerprint density at radius 2 is 1.76 bits per heavy atom. The van der Waals surface area contributed by atoms with Crippen molar-refractivity contribution in [2.45, 2.75) is 87.8 Å². The van der Waals surface area contributed by atoms with Gasteiger partial charge in [-0.25, -0.2) is 22.6 Å². The molecular formula is C35H36FN5O8S. The summed E-state index contributed by atoms with van der Waals surface area (Å²) in [7, 11) is -3.92. The summed E-state index contributed by atoms with van der Waals surface area (Å²) in [6.07, 6.45) is 2.14. The Labute approximate surface area is 287 Å². The van der Waals surface area contributed by atoms with E-state index in [1.54, 1.807) is 24.3 Å². The second kappa shape index (κ2) is 13.4. The average molecular weight is 706 g/mol. The molecule has 50 heavy (non-hydrogen) atoms. The predicted octanol–water partition coefficient (Wildman–Crippen LogP) is 4.35. The fraction of sp³-hybridized carbons (Fsp3) is 0.429. The topological polar surface area (TPSA) is 184 Å². The summed E-state index contributed by atoms with van der Waals surface area (Å²) >= 11 is 0. The first kappa shape index (κ1) is 33.6. The number of fused-ring (bicyclic) bond motifs is 4. The van der Waals surface area contributed by atoms with E-state index in [2.05, 4.69) is 20.0 Å². The molecule has 4 aliphatic rings. The molecule has 0 bridgehead atoms. The molecular weight excluding hydrogens is 669 g/mol. The zero-order valence-corrected chi connectivity index (χ0v) is 27.8. The molecule has 262 valence electrons. The van der Waals surface area contributed by atoms with E-state index >= 15 is 0 Å². The van der Waals surface area contributed by atoms with E-state index in [0.29, 0.717) is 66.6 Å². The van der Waals surface area contributed by atoms with Crippen molar-refractivity contribution in [1.29, 1.82) is 0 Å². The van der Waals surface area contributed by atoms with Gasteiger partial charge in [0, 0.05) is 48.4 Å². The monoisotopic (exact) mass is 705 g/mol. The number of amides is 3. The number of hydrogen-bond donors (Lipinski definition) is 3. The van der Waals surface area contributed by atoms with Crippen molar-refractivity contribution < 1.29 is 41.8 Å². The number of nitrogens with zero attached hydrogens (tertiary/aromatic N) is 3. The fourth-order valence-electron chi connectivity index (χ4n) is 6.88. The predicted molar refractivity (Wildman–Crippen MR) is 180 cm³/mol. The smallest absolute Gasteiger partial charge is 0.405 e. The van der Waals surface area contributed by atoms with Crippen LogP contribution in [0.3, 0.4) is 0 Å². The number of allylic oxidation sites excluding steroid dienone is 2. The molecule has 2 fully saturated rings. The molecule has 2 aromatic carbocycles. The van der Waals surface area contributed by atoms with Crippen LogP contribution in [0.2, 0.25) is 0 Å². The molecule has 1 saturated carbocycles. The quantitative estimate of drug-likeness (QED) is 0.314. The maximum absolute atomic E-state index is 14.3. The summed E-state index contributed by atoms with van der Waals surface area (Å²) in [4.78, 5) is 63.3. The van der Waals surface area contributed by atoms with Crippen molar-refractivity contribution in [2.24, 2.45) is 10.9 Å². The maximum Gasteiger partial charge on any atom is 0.405 e. The summed E-state index contributed by atoms with van der Waals surface area (Å²) in [5, 5.41) is 12.8. The second-order valence-electron chi connectivity index (χ2n) is 13.3. The Morgan fingerprint density at radius 1 is 0.980 bits per heavy atom. The van der Waals surface area contributed by atoms with E-state index in [9.17, 15) is 37.1 Å². The molecule has 15 heteroatoms. The molecule has 3 heterocycles. The summed E-state index contributed by atoms with van der Waals surface area (Å²) in [5.41, 5.74) is 2.29. The van der Waals surface area contributed by atoms with Gasteiger partial charge in [0.05, 0.1) is 28.8 Å². The summed E-state index contributed by atoms with van der Waals surface area (Å²) < 4.78 is 48.5. The second-order valence-corrected chi connectivity index (χ2v) is 15.2. The number of hydrogen-bond acceptors (Lipinski definition) is 9. The molecule has 4 atom stereocenters. The molecule has 7 rings (SSSR count). The van der Waals surface area contributed by atoms with Gasteiger partial charge in [0.15, 0.2) is 12.0 Å².